The second-order valence-electron chi connectivity index (χ2n) is 6.19. The summed E-state index contributed by atoms with van der Waals surface area (Å²) >= 11 is 0. The van der Waals surface area contributed by atoms with Crippen LogP contribution in [0.2, 0.25) is 0 Å². The molecule has 160 valence electrons. The molecule has 3 N–H and O–H groups in total. The normalized spacial score (nSPS) is 14.4. The molecule has 10 nitrogen and oxygen atoms in total. The Balaban J connectivity index is 2.14. The Hall–Kier alpha value is -2.47. The Morgan fingerprint density at radius 1 is 1.24 bits per heavy atom. The number of hydrogen-bond donors (Lipinski definition) is 3. The average Bonchev–Trinajstić information content (AvgIpc) is 3.01. The maximum Gasteiger partial charge on any atom is 0.337 e. The molecule has 1 amide bonds. The van der Waals surface area contributed by atoms with E-state index < -0.39 is 21.9 Å². The van der Waals surface area contributed by atoms with Crippen molar-refractivity contribution >= 4 is 27.6 Å². The van der Waals surface area contributed by atoms with Gasteiger partial charge < -0.3 is 24.8 Å². The summed E-state index contributed by atoms with van der Waals surface area (Å²) in [5, 5.41) is 11.9. The number of rotatable bonds is 11. The van der Waals surface area contributed by atoms with Crippen LogP contribution in [0.4, 0.5) is 5.69 Å². The predicted molar refractivity (Wildman–Crippen MR) is 104 cm³/mol. The minimum absolute atomic E-state index is 0.0201. The monoisotopic (exact) mass is 427 g/mol. The SMILES string of the molecule is COCCCNS(=O)(=O)c1ccc(NC2=C(C(=O)OC)CN(CCO)C2=O)cc1. The van der Waals surface area contributed by atoms with E-state index in [0.717, 1.165) is 0 Å². The first-order valence-corrected chi connectivity index (χ1v) is 10.4. The number of esters is 1. The zero-order valence-electron chi connectivity index (χ0n) is 16.3. The molecule has 0 aromatic heterocycles. The zero-order chi connectivity index (χ0) is 21.4. The van der Waals surface area contributed by atoms with Crippen molar-refractivity contribution in [3.05, 3.63) is 35.5 Å². The fourth-order valence-electron chi connectivity index (χ4n) is 2.72. The predicted octanol–water partition coefficient (Wildman–Crippen LogP) is -0.325. The highest BCUT2D eigenvalue weighted by Gasteiger charge is 2.34. The Morgan fingerprint density at radius 3 is 2.52 bits per heavy atom. The number of carbonyl (C=O) groups excluding carboxylic acids is 2. The number of anilines is 1. The van der Waals surface area contributed by atoms with E-state index in [-0.39, 0.29) is 42.4 Å². The number of methoxy groups -OCH3 is 2. The Labute approximate surface area is 169 Å². The van der Waals surface area contributed by atoms with Gasteiger partial charge in [-0.2, -0.15) is 0 Å². The largest absolute Gasteiger partial charge is 0.466 e. The maximum absolute atomic E-state index is 12.5. The molecule has 0 spiro atoms. The van der Waals surface area contributed by atoms with Crippen molar-refractivity contribution in [2.75, 3.05) is 52.4 Å². The molecule has 0 saturated heterocycles. The molecule has 0 fully saturated rings. The van der Waals surface area contributed by atoms with Gasteiger partial charge in [0.15, 0.2) is 0 Å². The summed E-state index contributed by atoms with van der Waals surface area (Å²) in [7, 11) is -0.907. The van der Waals surface area contributed by atoms with Crippen molar-refractivity contribution in [2.45, 2.75) is 11.3 Å². The number of aliphatic hydroxyl groups excluding tert-OH is 1. The van der Waals surface area contributed by atoms with Crippen molar-refractivity contribution in [1.82, 2.24) is 9.62 Å². The average molecular weight is 427 g/mol. The highest BCUT2D eigenvalue weighted by atomic mass is 32.2. The van der Waals surface area contributed by atoms with Gasteiger partial charge in [0.2, 0.25) is 10.0 Å². The lowest BCUT2D eigenvalue weighted by atomic mass is 10.2. The molecule has 1 aliphatic rings. The van der Waals surface area contributed by atoms with Gasteiger partial charge in [0.1, 0.15) is 5.70 Å². The van der Waals surface area contributed by atoms with Crippen LogP contribution in [-0.2, 0) is 29.1 Å². The van der Waals surface area contributed by atoms with Crippen LogP contribution in [0.1, 0.15) is 6.42 Å². The van der Waals surface area contributed by atoms with E-state index in [1.807, 2.05) is 0 Å². The van der Waals surface area contributed by atoms with Crippen LogP contribution in [0.15, 0.2) is 40.4 Å². The number of ether oxygens (including phenoxy) is 2. The number of nitrogens with one attached hydrogen (secondary N) is 2. The molecular weight excluding hydrogens is 402 g/mol. The Bertz CT molecular complexity index is 866. The second-order valence-corrected chi connectivity index (χ2v) is 7.96. The van der Waals surface area contributed by atoms with Gasteiger partial charge in [-0.3, -0.25) is 4.79 Å². The van der Waals surface area contributed by atoms with E-state index in [0.29, 0.717) is 18.7 Å². The standard InChI is InChI=1S/C18H25N3O7S/c1-27-11-3-8-19-29(25,26)14-6-4-13(5-7-14)20-16-15(18(24)28-2)12-21(9-10-22)17(16)23/h4-7,19-20,22H,3,8-12H2,1-2H3. The fraction of sp³-hybridized carbons (Fsp3) is 0.444. The Kier molecular flexibility index (Phi) is 8.14. The van der Waals surface area contributed by atoms with Gasteiger partial charge in [-0.05, 0) is 30.7 Å². The molecule has 1 aromatic carbocycles. The number of carbonyl (C=O) groups is 2. The van der Waals surface area contributed by atoms with Crippen molar-refractivity contribution in [3.8, 4) is 0 Å². The van der Waals surface area contributed by atoms with Crippen LogP contribution in [0.3, 0.4) is 0 Å². The lowest BCUT2D eigenvalue weighted by molar-refractivity contribution is -0.136. The van der Waals surface area contributed by atoms with Gasteiger partial charge in [0.05, 0.1) is 30.7 Å². The summed E-state index contributed by atoms with van der Waals surface area (Å²) in [5.41, 5.74) is 0.611. The van der Waals surface area contributed by atoms with Crippen molar-refractivity contribution in [3.63, 3.8) is 0 Å². The first-order chi connectivity index (χ1) is 13.8. The summed E-state index contributed by atoms with van der Waals surface area (Å²) in [4.78, 5) is 25.9. The molecule has 0 atom stereocenters. The fourth-order valence-corrected chi connectivity index (χ4v) is 3.79. The highest BCUT2D eigenvalue weighted by Crippen LogP contribution is 2.23. The van der Waals surface area contributed by atoms with Crippen LogP contribution >= 0.6 is 0 Å². The molecular formula is C18H25N3O7S. The third kappa shape index (κ3) is 5.76. The molecule has 2 rings (SSSR count). The number of aliphatic hydroxyl groups is 1. The van der Waals surface area contributed by atoms with Crippen molar-refractivity contribution < 1.29 is 32.6 Å². The lowest BCUT2D eigenvalue weighted by Crippen LogP contribution is -2.31. The summed E-state index contributed by atoms with van der Waals surface area (Å²) < 4.78 is 36.6. The highest BCUT2D eigenvalue weighted by molar-refractivity contribution is 7.89. The molecule has 0 radical (unpaired) electrons. The topological polar surface area (TPSA) is 134 Å². The molecule has 0 bridgehead atoms. The number of amides is 1. The number of nitrogens with zero attached hydrogens (tertiary/aromatic N) is 1. The molecule has 0 aliphatic carbocycles. The van der Waals surface area contributed by atoms with Crippen LogP contribution < -0.4 is 10.0 Å². The molecule has 29 heavy (non-hydrogen) atoms. The zero-order valence-corrected chi connectivity index (χ0v) is 17.1. The molecule has 1 heterocycles. The summed E-state index contributed by atoms with van der Waals surface area (Å²) in [5.74, 6) is -1.10. The molecule has 0 unspecified atom stereocenters. The van der Waals surface area contributed by atoms with Crippen molar-refractivity contribution in [1.29, 1.82) is 0 Å². The minimum Gasteiger partial charge on any atom is -0.466 e. The van der Waals surface area contributed by atoms with Gasteiger partial charge in [-0.1, -0.05) is 0 Å². The number of β-amino-alcohol motifs (C(OH)–C–C–N with tert-alkyl or cyclic N) is 1. The van der Waals surface area contributed by atoms with Gasteiger partial charge in [-0.15, -0.1) is 0 Å². The van der Waals surface area contributed by atoms with E-state index in [2.05, 4.69) is 10.0 Å². The van der Waals surface area contributed by atoms with Crippen LogP contribution in [-0.4, -0.2) is 77.4 Å². The van der Waals surface area contributed by atoms with Crippen LogP contribution in [0, 0.1) is 0 Å². The Morgan fingerprint density at radius 2 is 1.93 bits per heavy atom. The van der Waals surface area contributed by atoms with E-state index in [9.17, 15) is 18.0 Å². The number of hydrogen-bond acceptors (Lipinski definition) is 8. The lowest BCUT2D eigenvalue weighted by Gasteiger charge is -2.15. The van der Waals surface area contributed by atoms with Gasteiger partial charge in [0, 0.05) is 32.5 Å². The first-order valence-electron chi connectivity index (χ1n) is 8.91. The first kappa shape index (κ1) is 22.8. The number of sulfonamides is 1. The second kappa shape index (κ2) is 10.3. The molecule has 0 saturated carbocycles. The maximum atomic E-state index is 12.5. The molecule has 11 heteroatoms. The van der Waals surface area contributed by atoms with Gasteiger partial charge in [-0.25, -0.2) is 17.9 Å². The molecule has 1 aromatic rings. The minimum atomic E-state index is -3.66. The van der Waals surface area contributed by atoms with Crippen molar-refractivity contribution in [2.24, 2.45) is 0 Å². The van der Waals surface area contributed by atoms with Crippen LogP contribution in [0.25, 0.3) is 0 Å². The summed E-state index contributed by atoms with van der Waals surface area (Å²) in [6.45, 7) is 0.561. The summed E-state index contributed by atoms with van der Waals surface area (Å²) in [6, 6.07) is 5.77. The summed E-state index contributed by atoms with van der Waals surface area (Å²) in [6.07, 6.45) is 0.548. The van der Waals surface area contributed by atoms with Crippen LogP contribution in [0.5, 0.6) is 0 Å². The number of benzene rings is 1. The van der Waals surface area contributed by atoms with E-state index in [4.69, 9.17) is 14.6 Å². The van der Waals surface area contributed by atoms with Gasteiger partial charge in [0.25, 0.3) is 5.91 Å². The van der Waals surface area contributed by atoms with E-state index in [1.165, 1.54) is 36.3 Å². The van der Waals surface area contributed by atoms with E-state index >= 15 is 0 Å². The third-order valence-corrected chi connectivity index (χ3v) is 5.68. The smallest absolute Gasteiger partial charge is 0.337 e. The quantitative estimate of drug-likeness (QED) is 0.323. The molecule has 1 aliphatic heterocycles. The van der Waals surface area contributed by atoms with Gasteiger partial charge >= 0.3 is 5.97 Å². The third-order valence-electron chi connectivity index (χ3n) is 4.20. The van der Waals surface area contributed by atoms with E-state index in [1.54, 1.807) is 7.11 Å².